The number of hydrogen-bond donors (Lipinski definition) is 1. The van der Waals surface area contributed by atoms with E-state index >= 15 is 0 Å². The molecule has 0 saturated heterocycles. The van der Waals surface area contributed by atoms with Gasteiger partial charge in [0.15, 0.2) is 27.9 Å². The molecule has 1 amide bonds. The van der Waals surface area contributed by atoms with Gasteiger partial charge in [0.25, 0.3) is 5.91 Å². The first kappa shape index (κ1) is 23.5. The number of sulfone groups is 1. The summed E-state index contributed by atoms with van der Waals surface area (Å²) in [6.07, 6.45) is 1.54. The Bertz CT molecular complexity index is 1040. The topological polar surface area (TPSA) is 108 Å². The van der Waals surface area contributed by atoms with Crippen molar-refractivity contribution < 1.29 is 32.2 Å². The van der Waals surface area contributed by atoms with Crippen LogP contribution in [-0.4, -0.2) is 53.9 Å². The van der Waals surface area contributed by atoms with Crippen LogP contribution >= 0.6 is 11.6 Å². The van der Waals surface area contributed by atoms with Crippen molar-refractivity contribution in [2.45, 2.75) is 11.3 Å². The fourth-order valence-electron chi connectivity index (χ4n) is 2.53. The van der Waals surface area contributed by atoms with Gasteiger partial charge in [-0.2, -0.15) is 0 Å². The number of rotatable bonds is 9. The normalized spacial score (nSPS) is 10.9. The number of amides is 1. The molecule has 0 saturated carbocycles. The zero-order chi connectivity index (χ0) is 22.3. The molecule has 0 radical (unpaired) electrons. The number of benzene rings is 2. The van der Waals surface area contributed by atoms with E-state index in [0.717, 1.165) is 17.9 Å². The smallest absolute Gasteiger partial charge is 0.340 e. The van der Waals surface area contributed by atoms with Crippen molar-refractivity contribution in [3.05, 3.63) is 52.5 Å². The lowest BCUT2D eigenvalue weighted by atomic mass is 10.1. The van der Waals surface area contributed by atoms with Gasteiger partial charge in [0.2, 0.25) is 0 Å². The zero-order valence-electron chi connectivity index (χ0n) is 16.7. The molecule has 0 bridgehead atoms. The first-order valence-corrected chi connectivity index (χ1v) is 11.1. The predicted molar refractivity (Wildman–Crippen MR) is 111 cm³/mol. The number of halogens is 1. The molecule has 0 fully saturated rings. The van der Waals surface area contributed by atoms with E-state index in [9.17, 15) is 18.0 Å². The molecule has 0 aliphatic carbocycles. The summed E-state index contributed by atoms with van der Waals surface area (Å²) in [5.41, 5.74) is 0.798. The molecular formula is C20H22ClNO7S. The van der Waals surface area contributed by atoms with Gasteiger partial charge in [-0.3, -0.25) is 4.79 Å². The van der Waals surface area contributed by atoms with Crippen molar-refractivity contribution >= 4 is 33.3 Å². The third-order valence-electron chi connectivity index (χ3n) is 4.10. The van der Waals surface area contributed by atoms with Gasteiger partial charge in [0.1, 0.15) is 0 Å². The Kier molecular flexibility index (Phi) is 8.08. The van der Waals surface area contributed by atoms with E-state index in [1.54, 1.807) is 13.2 Å². The Hall–Kier alpha value is -2.78. The lowest BCUT2D eigenvalue weighted by Crippen LogP contribution is -2.30. The summed E-state index contributed by atoms with van der Waals surface area (Å²) in [5, 5.41) is 2.67. The minimum Gasteiger partial charge on any atom is -0.493 e. The summed E-state index contributed by atoms with van der Waals surface area (Å²) in [5.74, 6) is -0.195. The average Bonchev–Trinajstić information content (AvgIpc) is 2.71. The molecule has 162 valence electrons. The maximum Gasteiger partial charge on any atom is 0.340 e. The van der Waals surface area contributed by atoms with Gasteiger partial charge < -0.3 is 19.5 Å². The van der Waals surface area contributed by atoms with Gasteiger partial charge >= 0.3 is 5.97 Å². The fraction of sp³-hybridized carbons (Fsp3) is 0.300. The molecule has 2 rings (SSSR count). The average molecular weight is 456 g/mol. The molecule has 1 N–H and O–H groups in total. The van der Waals surface area contributed by atoms with Crippen LogP contribution in [0.3, 0.4) is 0 Å². The quantitative estimate of drug-likeness (QED) is 0.578. The second-order valence-corrected chi connectivity index (χ2v) is 8.70. The third-order valence-corrected chi connectivity index (χ3v) is 5.54. The van der Waals surface area contributed by atoms with Crippen molar-refractivity contribution in [3.8, 4) is 11.5 Å². The maximum atomic E-state index is 12.2. The number of carbonyl (C=O) groups excluding carboxylic acids is 2. The van der Waals surface area contributed by atoms with Crippen LogP contribution in [0.2, 0.25) is 5.02 Å². The van der Waals surface area contributed by atoms with E-state index in [-0.39, 0.29) is 15.5 Å². The molecule has 0 unspecified atom stereocenters. The van der Waals surface area contributed by atoms with E-state index in [4.69, 9.17) is 25.8 Å². The van der Waals surface area contributed by atoms with Crippen molar-refractivity contribution in [1.82, 2.24) is 5.32 Å². The highest BCUT2D eigenvalue weighted by Crippen LogP contribution is 2.27. The number of hydrogen-bond acceptors (Lipinski definition) is 7. The fourth-order valence-corrected chi connectivity index (χ4v) is 3.38. The van der Waals surface area contributed by atoms with Gasteiger partial charge in [-0.05, 0) is 42.3 Å². The number of esters is 1. The van der Waals surface area contributed by atoms with Gasteiger partial charge in [-0.1, -0.05) is 17.7 Å². The number of methoxy groups -OCH3 is 2. The SMILES string of the molecule is COc1ccc(CCNC(=O)COC(=O)c2cc(S(C)(=O)=O)ccc2Cl)cc1OC. The zero-order valence-corrected chi connectivity index (χ0v) is 18.3. The molecule has 0 aliphatic heterocycles. The van der Waals surface area contributed by atoms with Crippen molar-refractivity contribution in [2.75, 3.05) is 33.6 Å². The first-order chi connectivity index (χ1) is 14.2. The van der Waals surface area contributed by atoms with Gasteiger partial charge in [0.05, 0.1) is 29.7 Å². The summed E-state index contributed by atoms with van der Waals surface area (Å²) in [7, 11) is -0.435. The van der Waals surface area contributed by atoms with Gasteiger partial charge in [-0.25, -0.2) is 13.2 Å². The van der Waals surface area contributed by atoms with Crippen LogP contribution in [-0.2, 0) is 25.8 Å². The summed E-state index contributed by atoms with van der Waals surface area (Å²) < 4.78 is 38.6. The minimum absolute atomic E-state index is 0.0289. The van der Waals surface area contributed by atoms with Crippen LogP contribution in [0.25, 0.3) is 0 Å². The maximum absolute atomic E-state index is 12.2. The van der Waals surface area contributed by atoms with Crippen LogP contribution in [0, 0.1) is 0 Å². The van der Waals surface area contributed by atoms with E-state index < -0.39 is 28.3 Å². The van der Waals surface area contributed by atoms with E-state index in [1.807, 2.05) is 12.1 Å². The Morgan fingerprint density at radius 2 is 1.73 bits per heavy atom. The Balaban J connectivity index is 1.87. The van der Waals surface area contributed by atoms with Crippen LogP contribution < -0.4 is 14.8 Å². The summed E-state index contributed by atoms with van der Waals surface area (Å²) in [4.78, 5) is 24.0. The predicted octanol–water partition coefficient (Wildman–Crippen LogP) is 2.28. The van der Waals surface area contributed by atoms with E-state index in [1.165, 1.54) is 19.2 Å². The highest BCUT2D eigenvalue weighted by atomic mass is 35.5. The van der Waals surface area contributed by atoms with E-state index in [2.05, 4.69) is 5.32 Å². The molecule has 10 heteroatoms. The van der Waals surface area contributed by atoms with Crippen molar-refractivity contribution in [2.24, 2.45) is 0 Å². The Morgan fingerprint density at radius 1 is 1.03 bits per heavy atom. The number of carbonyl (C=O) groups is 2. The van der Waals surface area contributed by atoms with Gasteiger partial charge in [-0.15, -0.1) is 0 Å². The number of nitrogens with one attached hydrogen (secondary N) is 1. The second-order valence-electron chi connectivity index (χ2n) is 6.28. The Labute approximate surface area is 180 Å². The molecule has 8 nitrogen and oxygen atoms in total. The van der Waals surface area contributed by atoms with Crippen LogP contribution in [0.15, 0.2) is 41.3 Å². The monoisotopic (exact) mass is 455 g/mol. The molecule has 2 aromatic rings. The highest BCUT2D eigenvalue weighted by molar-refractivity contribution is 7.90. The number of ether oxygens (including phenoxy) is 3. The van der Waals surface area contributed by atoms with Crippen LogP contribution in [0.4, 0.5) is 0 Å². The molecule has 0 spiro atoms. The van der Waals surface area contributed by atoms with Crippen LogP contribution in [0.5, 0.6) is 11.5 Å². The molecule has 2 aromatic carbocycles. The molecule has 0 atom stereocenters. The molecule has 0 aliphatic rings. The lowest BCUT2D eigenvalue weighted by Gasteiger charge is -2.10. The lowest BCUT2D eigenvalue weighted by molar-refractivity contribution is -0.124. The molecule has 30 heavy (non-hydrogen) atoms. The molecule has 0 heterocycles. The standard InChI is InChI=1S/C20H22ClNO7S/c1-27-17-7-4-13(10-18(17)28-2)8-9-22-19(23)12-29-20(24)15-11-14(30(3,25)26)5-6-16(15)21/h4-7,10-11H,8-9,12H2,1-3H3,(H,22,23). The van der Waals surface area contributed by atoms with E-state index in [0.29, 0.717) is 24.5 Å². The molecular weight excluding hydrogens is 434 g/mol. The van der Waals surface area contributed by atoms with Gasteiger partial charge in [0, 0.05) is 12.8 Å². The van der Waals surface area contributed by atoms with Crippen LogP contribution in [0.1, 0.15) is 15.9 Å². The third kappa shape index (κ3) is 6.36. The highest BCUT2D eigenvalue weighted by Gasteiger charge is 2.17. The second kappa shape index (κ2) is 10.3. The van der Waals surface area contributed by atoms with Crippen molar-refractivity contribution in [3.63, 3.8) is 0 Å². The first-order valence-electron chi connectivity index (χ1n) is 8.80. The summed E-state index contributed by atoms with van der Waals surface area (Å²) in [6.45, 7) is -0.208. The minimum atomic E-state index is -3.52. The largest absolute Gasteiger partial charge is 0.493 e. The Morgan fingerprint density at radius 3 is 2.37 bits per heavy atom. The summed E-state index contributed by atoms with van der Waals surface area (Å²) >= 11 is 5.94. The van der Waals surface area contributed by atoms with Crippen molar-refractivity contribution in [1.29, 1.82) is 0 Å². The summed E-state index contributed by atoms with van der Waals surface area (Å²) in [6, 6.07) is 9.13. The molecule has 0 aromatic heterocycles.